The van der Waals surface area contributed by atoms with Gasteiger partial charge in [-0.1, -0.05) is 0 Å². The number of nitrogens with two attached hydrogens (primary N) is 1. The molecule has 24 heavy (non-hydrogen) atoms. The van der Waals surface area contributed by atoms with E-state index in [9.17, 15) is 4.79 Å². The largest absolute Gasteiger partial charge is 0.487 e. The first-order chi connectivity index (χ1) is 11.4. The van der Waals surface area contributed by atoms with Gasteiger partial charge in [0.15, 0.2) is 0 Å². The summed E-state index contributed by atoms with van der Waals surface area (Å²) >= 11 is 0. The maximum atomic E-state index is 12.4. The van der Waals surface area contributed by atoms with Crippen molar-refractivity contribution in [2.24, 2.45) is 0 Å². The summed E-state index contributed by atoms with van der Waals surface area (Å²) in [5.41, 5.74) is 7.26. The molecule has 5 heteroatoms. The minimum Gasteiger partial charge on any atom is -0.487 e. The third-order valence-corrected chi connectivity index (χ3v) is 4.79. The van der Waals surface area contributed by atoms with Gasteiger partial charge in [0.2, 0.25) is 5.91 Å². The molecule has 2 aliphatic heterocycles. The van der Waals surface area contributed by atoms with Gasteiger partial charge in [0.25, 0.3) is 0 Å². The lowest BCUT2D eigenvalue weighted by Crippen LogP contribution is -2.41. The second-order valence-corrected chi connectivity index (χ2v) is 7.51. The lowest BCUT2D eigenvalue weighted by Gasteiger charge is -2.38. The molecule has 5 nitrogen and oxygen atoms in total. The van der Waals surface area contributed by atoms with E-state index in [4.69, 9.17) is 15.2 Å². The lowest BCUT2D eigenvalue weighted by molar-refractivity contribution is -0.123. The predicted octanol–water partition coefficient (Wildman–Crippen LogP) is 3.34. The molecule has 0 spiro atoms. The Hall–Kier alpha value is -1.75. The second-order valence-electron chi connectivity index (χ2n) is 7.51. The Balaban J connectivity index is 1.63. The number of hydrogen-bond acceptors (Lipinski definition) is 4. The first kappa shape index (κ1) is 17.1. The van der Waals surface area contributed by atoms with Crippen LogP contribution in [0.3, 0.4) is 0 Å². The molecule has 3 rings (SSSR count). The quantitative estimate of drug-likeness (QED) is 0.830. The van der Waals surface area contributed by atoms with Crippen molar-refractivity contribution in [3.8, 4) is 5.75 Å². The molecule has 1 aromatic rings. The minimum atomic E-state index is -0.312. The van der Waals surface area contributed by atoms with Crippen LogP contribution in [0.4, 0.5) is 5.69 Å². The van der Waals surface area contributed by atoms with Crippen LogP contribution in [0.5, 0.6) is 5.75 Å². The third-order valence-electron chi connectivity index (χ3n) is 4.79. The zero-order valence-corrected chi connectivity index (χ0v) is 14.6. The molecule has 1 aromatic carbocycles. The highest BCUT2D eigenvalue weighted by atomic mass is 16.5. The van der Waals surface area contributed by atoms with E-state index < -0.39 is 0 Å². The molecule has 0 bridgehead atoms. The fraction of sp³-hybridized carbons (Fsp3) is 0.632. The number of anilines is 1. The lowest BCUT2D eigenvalue weighted by atomic mass is 9.89. The number of carbonyl (C=O) groups is 1. The zero-order valence-electron chi connectivity index (χ0n) is 14.6. The molecule has 3 N–H and O–H groups in total. The van der Waals surface area contributed by atoms with E-state index >= 15 is 0 Å². The van der Waals surface area contributed by atoms with Crippen LogP contribution in [0.2, 0.25) is 0 Å². The van der Waals surface area contributed by atoms with Crippen LogP contribution in [-0.4, -0.2) is 24.2 Å². The summed E-state index contributed by atoms with van der Waals surface area (Å²) in [7, 11) is 0. The van der Waals surface area contributed by atoms with Crippen LogP contribution in [0.1, 0.15) is 64.0 Å². The molecule has 0 radical (unpaired) electrons. The van der Waals surface area contributed by atoms with Crippen molar-refractivity contribution in [2.45, 2.75) is 70.1 Å². The van der Waals surface area contributed by atoms with Crippen LogP contribution in [0.15, 0.2) is 18.2 Å². The van der Waals surface area contributed by atoms with Gasteiger partial charge < -0.3 is 20.5 Å². The average Bonchev–Trinajstić information content (AvgIpc) is 2.54. The highest BCUT2D eigenvalue weighted by molar-refractivity contribution is 5.76. The van der Waals surface area contributed by atoms with E-state index in [-0.39, 0.29) is 23.7 Å². The molecular weight excluding hydrogens is 304 g/mol. The standard InChI is InChI=1S/C19H28N2O3/c1-19(2)12-16(15-11-13(20)6-8-17(15)24-19)21-18(22)9-7-14-5-3-4-10-23-14/h6,8,11,14,16H,3-5,7,9-10,12,20H2,1-2H3,(H,21,22). The number of benzene rings is 1. The molecule has 1 amide bonds. The number of nitrogen functional groups attached to an aromatic ring is 1. The molecular formula is C19H28N2O3. The number of fused-ring (bicyclic) bond motifs is 1. The van der Waals surface area contributed by atoms with Gasteiger partial charge >= 0.3 is 0 Å². The Labute approximate surface area is 143 Å². The number of hydrogen-bond donors (Lipinski definition) is 2. The molecule has 0 aliphatic carbocycles. The van der Waals surface area contributed by atoms with E-state index in [2.05, 4.69) is 5.32 Å². The summed E-state index contributed by atoms with van der Waals surface area (Å²) in [5, 5.41) is 3.17. The van der Waals surface area contributed by atoms with Gasteiger partial charge in [-0.05, 0) is 57.7 Å². The van der Waals surface area contributed by atoms with Gasteiger partial charge in [0.05, 0.1) is 12.1 Å². The predicted molar refractivity (Wildman–Crippen MR) is 93.9 cm³/mol. The van der Waals surface area contributed by atoms with Crippen molar-refractivity contribution in [1.29, 1.82) is 0 Å². The first-order valence-electron chi connectivity index (χ1n) is 8.92. The van der Waals surface area contributed by atoms with Crippen LogP contribution >= 0.6 is 0 Å². The highest BCUT2D eigenvalue weighted by Crippen LogP contribution is 2.40. The Morgan fingerprint density at radius 2 is 2.21 bits per heavy atom. The Kier molecular flexibility index (Phi) is 4.99. The summed E-state index contributed by atoms with van der Waals surface area (Å²) in [6.07, 6.45) is 5.66. The van der Waals surface area contributed by atoms with Crippen molar-refractivity contribution in [2.75, 3.05) is 12.3 Å². The normalized spacial score (nSPS) is 25.4. The van der Waals surface area contributed by atoms with E-state index in [1.807, 2.05) is 32.0 Å². The molecule has 2 aliphatic rings. The molecule has 1 saturated heterocycles. The van der Waals surface area contributed by atoms with Gasteiger partial charge in [-0.25, -0.2) is 0 Å². The summed E-state index contributed by atoms with van der Waals surface area (Å²) in [5.74, 6) is 0.876. The fourth-order valence-corrected chi connectivity index (χ4v) is 3.60. The van der Waals surface area contributed by atoms with Gasteiger partial charge in [-0.2, -0.15) is 0 Å². The maximum Gasteiger partial charge on any atom is 0.220 e. The van der Waals surface area contributed by atoms with E-state index in [1.54, 1.807) is 0 Å². The summed E-state index contributed by atoms with van der Waals surface area (Å²) < 4.78 is 11.7. The van der Waals surface area contributed by atoms with Crippen LogP contribution in [-0.2, 0) is 9.53 Å². The summed E-state index contributed by atoms with van der Waals surface area (Å²) in [4.78, 5) is 12.4. The average molecular weight is 332 g/mol. The Morgan fingerprint density at radius 3 is 2.96 bits per heavy atom. The number of amides is 1. The number of ether oxygens (including phenoxy) is 2. The fourth-order valence-electron chi connectivity index (χ4n) is 3.60. The van der Waals surface area contributed by atoms with Crippen molar-refractivity contribution in [3.63, 3.8) is 0 Å². The van der Waals surface area contributed by atoms with Gasteiger partial charge in [-0.3, -0.25) is 4.79 Å². The molecule has 2 atom stereocenters. The molecule has 2 unspecified atom stereocenters. The summed E-state index contributed by atoms with van der Waals surface area (Å²) in [6.45, 7) is 4.91. The van der Waals surface area contributed by atoms with E-state index in [1.165, 1.54) is 6.42 Å². The van der Waals surface area contributed by atoms with Crippen molar-refractivity contribution in [1.82, 2.24) is 5.32 Å². The van der Waals surface area contributed by atoms with E-state index in [0.717, 1.165) is 43.6 Å². The summed E-state index contributed by atoms with van der Waals surface area (Å²) in [6, 6.07) is 5.56. The van der Waals surface area contributed by atoms with Crippen LogP contribution < -0.4 is 15.8 Å². The highest BCUT2D eigenvalue weighted by Gasteiger charge is 2.34. The molecule has 2 heterocycles. The van der Waals surface area contributed by atoms with Crippen LogP contribution in [0.25, 0.3) is 0 Å². The second kappa shape index (κ2) is 7.01. The molecule has 132 valence electrons. The SMILES string of the molecule is CC1(C)CC(NC(=O)CCC2CCCCO2)c2cc(N)ccc2O1. The maximum absolute atomic E-state index is 12.4. The third kappa shape index (κ3) is 4.20. The smallest absolute Gasteiger partial charge is 0.220 e. The van der Waals surface area contributed by atoms with Crippen molar-refractivity contribution < 1.29 is 14.3 Å². The Morgan fingerprint density at radius 1 is 1.38 bits per heavy atom. The molecule has 0 saturated carbocycles. The number of carbonyl (C=O) groups excluding carboxylic acids is 1. The number of nitrogens with one attached hydrogen (secondary N) is 1. The number of rotatable bonds is 4. The van der Waals surface area contributed by atoms with Crippen molar-refractivity contribution >= 4 is 11.6 Å². The topological polar surface area (TPSA) is 73.6 Å². The zero-order chi connectivity index (χ0) is 17.2. The van der Waals surface area contributed by atoms with Gasteiger partial charge in [-0.15, -0.1) is 0 Å². The van der Waals surface area contributed by atoms with Gasteiger partial charge in [0, 0.05) is 30.7 Å². The molecule has 1 fully saturated rings. The van der Waals surface area contributed by atoms with Crippen LogP contribution in [0, 0.1) is 0 Å². The Bertz CT molecular complexity index is 594. The monoisotopic (exact) mass is 332 g/mol. The minimum absolute atomic E-state index is 0.0629. The first-order valence-corrected chi connectivity index (χ1v) is 8.92. The van der Waals surface area contributed by atoms with Gasteiger partial charge in [0.1, 0.15) is 11.4 Å². The van der Waals surface area contributed by atoms with Crippen molar-refractivity contribution in [3.05, 3.63) is 23.8 Å². The van der Waals surface area contributed by atoms with E-state index in [0.29, 0.717) is 12.1 Å². The molecule has 0 aromatic heterocycles.